The minimum atomic E-state index is -2.41. The van der Waals surface area contributed by atoms with Crippen LogP contribution in [0.1, 0.15) is 36.1 Å². The van der Waals surface area contributed by atoms with Crippen molar-refractivity contribution in [2.24, 2.45) is 5.92 Å². The molecule has 1 fully saturated rings. The minimum absolute atomic E-state index is 0.00734. The highest BCUT2D eigenvalue weighted by molar-refractivity contribution is 6.91. The first-order valence-electron chi connectivity index (χ1n) is 18.3. The number of hydrogen-bond acceptors (Lipinski definition) is 8. The molecular formula is C42H47N5O6Si. The minimum Gasteiger partial charge on any atom is -0.497 e. The average molecular weight is 746 g/mol. The van der Waals surface area contributed by atoms with Crippen LogP contribution in [0.25, 0.3) is 5.69 Å². The number of nitrogens with zero attached hydrogens (tertiary/aromatic N) is 5. The van der Waals surface area contributed by atoms with Crippen LogP contribution in [0.2, 0.25) is 18.6 Å². The average Bonchev–Trinajstić information content (AvgIpc) is 3.85. The Labute approximate surface area is 316 Å². The summed E-state index contributed by atoms with van der Waals surface area (Å²) in [5.41, 5.74) is 2.12. The fraction of sp³-hybridized carbons (Fsp3) is 0.333. The van der Waals surface area contributed by atoms with Gasteiger partial charge in [0.05, 0.1) is 52.3 Å². The van der Waals surface area contributed by atoms with Crippen molar-refractivity contribution in [1.29, 1.82) is 0 Å². The molecule has 5 atom stereocenters. The summed E-state index contributed by atoms with van der Waals surface area (Å²) >= 11 is 0. The van der Waals surface area contributed by atoms with E-state index < -0.39 is 13.7 Å². The van der Waals surface area contributed by atoms with Crippen molar-refractivity contribution < 1.29 is 24.1 Å². The number of aliphatic hydroxyl groups is 1. The molecule has 2 aromatic heterocycles. The van der Waals surface area contributed by atoms with Gasteiger partial charge in [0.25, 0.3) is 11.5 Å². The molecule has 2 aliphatic rings. The molecule has 11 nitrogen and oxygen atoms in total. The largest absolute Gasteiger partial charge is 0.497 e. The summed E-state index contributed by atoms with van der Waals surface area (Å²) in [5, 5.41) is 20.4. The molecule has 5 aromatic rings. The Bertz CT molecular complexity index is 2200. The number of pyridine rings is 1. The lowest BCUT2D eigenvalue weighted by atomic mass is 9.82. The maximum atomic E-state index is 15.0. The molecule has 1 amide bonds. The third kappa shape index (κ3) is 6.17. The number of aromatic nitrogens is 4. The summed E-state index contributed by atoms with van der Waals surface area (Å²) < 4.78 is 21.5. The van der Waals surface area contributed by atoms with Crippen molar-refractivity contribution in [3.63, 3.8) is 0 Å². The Kier molecular flexibility index (Phi) is 10.2. The third-order valence-corrected chi connectivity index (χ3v) is 15.8. The standard InChI is InChI=1S/C42H47N5O6Si/c1-7-22-47-36-20-15-30(46-23-11-14-38(52-4)40(46)49)25-34(36)42(41(47)50)28(2)39(54(5,6)32-18-16-31(51-3)17-19-32)37(53-42)21-24-45-26-35(43-44-45)33(27-48)29-12-9-8-10-13-29/h7-20,23,25-26,28,33,37,39,48H,1,21-22,24,27H2,2-6H3/t28-,33?,37+,39-,42+/m0/s1. The highest BCUT2D eigenvalue weighted by atomic mass is 28.3. The lowest BCUT2D eigenvalue weighted by Gasteiger charge is -2.37. The number of amides is 1. The van der Waals surface area contributed by atoms with E-state index in [2.05, 4.69) is 49.0 Å². The van der Waals surface area contributed by atoms with Gasteiger partial charge in [0, 0.05) is 42.7 Å². The van der Waals surface area contributed by atoms with Crippen molar-refractivity contribution in [3.05, 3.63) is 137 Å². The van der Waals surface area contributed by atoms with Crippen LogP contribution in [0.15, 0.2) is 115 Å². The predicted molar refractivity (Wildman–Crippen MR) is 211 cm³/mol. The summed E-state index contributed by atoms with van der Waals surface area (Å²) in [6, 6.07) is 27.2. The summed E-state index contributed by atoms with van der Waals surface area (Å²) in [6.45, 7) is 11.5. The van der Waals surface area contributed by atoms with E-state index in [0.29, 0.717) is 30.9 Å². The van der Waals surface area contributed by atoms with Crippen molar-refractivity contribution in [2.45, 2.75) is 56.1 Å². The fourth-order valence-corrected chi connectivity index (χ4v) is 12.8. The summed E-state index contributed by atoms with van der Waals surface area (Å²) in [7, 11) is 0.721. The van der Waals surface area contributed by atoms with Crippen molar-refractivity contribution in [1.82, 2.24) is 19.6 Å². The number of ether oxygens (including phenoxy) is 3. The lowest BCUT2D eigenvalue weighted by Crippen LogP contribution is -2.52. The number of aliphatic hydroxyl groups excluding tert-OH is 1. The SMILES string of the molecule is C=CCN1C(=O)[C@]2(O[C@H](CCn3cc(C(CO)c4ccccc4)nn3)[C@@H]([Si](C)(C)c3ccc(OC)cc3)[C@@H]2C)c2cc(-n3cccc(OC)c3=O)ccc21. The van der Waals surface area contributed by atoms with E-state index in [1.807, 2.05) is 66.9 Å². The van der Waals surface area contributed by atoms with Gasteiger partial charge in [-0.15, -0.1) is 11.7 Å². The fourth-order valence-electron chi connectivity index (χ4n) is 8.76. The number of carbonyl (C=O) groups is 1. The lowest BCUT2D eigenvalue weighted by molar-refractivity contribution is -0.145. The number of hydrogen-bond donors (Lipinski definition) is 1. The van der Waals surface area contributed by atoms with Crippen molar-refractivity contribution in [2.75, 3.05) is 32.3 Å². The zero-order chi connectivity index (χ0) is 38.2. The molecule has 2 aliphatic heterocycles. The van der Waals surface area contributed by atoms with Gasteiger partial charge in [0.2, 0.25) is 0 Å². The number of aryl methyl sites for hydroxylation is 1. The number of methoxy groups -OCH3 is 2. The predicted octanol–water partition coefficient (Wildman–Crippen LogP) is 5.41. The van der Waals surface area contributed by atoms with Crippen LogP contribution in [0.4, 0.5) is 5.69 Å². The van der Waals surface area contributed by atoms with Crippen LogP contribution < -0.4 is 25.1 Å². The van der Waals surface area contributed by atoms with Crippen LogP contribution in [0.3, 0.4) is 0 Å². The molecule has 280 valence electrons. The second kappa shape index (κ2) is 14.8. The van der Waals surface area contributed by atoms with Crippen LogP contribution >= 0.6 is 0 Å². The Morgan fingerprint density at radius 2 is 1.78 bits per heavy atom. The molecule has 0 saturated carbocycles. The summed E-state index contributed by atoms with van der Waals surface area (Å²) in [4.78, 5) is 30.1. The normalized spacial score (nSPS) is 21.3. The van der Waals surface area contributed by atoms with E-state index in [9.17, 15) is 14.7 Å². The Hall–Kier alpha value is -5.30. The van der Waals surface area contributed by atoms with Gasteiger partial charge in [-0.2, -0.15) is 0 Å². The van der Waals surface area contributed by atoms with Crippen LogP contribution in [-0.2, 0) is 21.7 Å². The number of rotatable bonds is 13. The molecule has 1 saturated heterocycles. The molecule has 12 heteroatoms. The van der Waals surface area contributed by atoms with E-state index in [1.165, 1.54) is 16.9 Å². The molecule has 3 aromatic carbocycles. The van der Waals surface area contributed by atoms with Gasteiger partial charge in [0.1, 0.15) is 5.75 Å². The Balaban J connectivity index is 1.31. The smallest absolute Gasteiger partial charge is 0.297 e. The topological polar surface area (TPSA) is 121 Å². The molecule has 4 heterocycles. The van der Waals surface area contributed by atoms with Crippen molar-refractivity contribution in [3.8, 4) is 17.2 Å². The monoisotopic (exact) mass is 745 g/mol. The maximum Gasteiger partial charge on any atom is 0.297 e. The molecule has 1 unspecified atom stereocenters. The molecule has 7 rings (SSSR count). The van der Waals surface area contributed by atoms with E-state index >= 15 is 0 Å². The molecular weight excluding hydrogens is 699 g/mol. The molecule has 0 bridgehead atoms. The number of fused-ring (bicyclic) bond motifs is 2. The number of benzene rings is 3. The van der Waals surface area contributed by atoms with E-state index in [4.69, 9.17) is 14.2 Å². The third-order valence-electron chi connectivity index (χ3n) is 11.5. The number of anilines is 1. The van der Waals surface area contributed by atoms with Gasteiger partial charge in [-0.3, -0.25) is 18.8 Å². The summed E-state index contributed by atoms with van der Waals surface area (Å²) in [5.74, 6) is 0.331. The molecule has 0 aliphatic carbocycles. The van der Waals surface area contributed by atoms with Crippen LogP contribution in [-0.4, -0.2) is 72.1 Å². The first kappa shape index (κ1) is 37.0. The highest BCUT2D eigenvalue weighted by Gasteiger charge is 2.66. The van der Waals surface area contributed by atoms with E-state index in [-0.39, 0.29) is 47.3 Å². The molecule has 1 N–H and O–H groups in total. The summed E-state index contributed by atoms with van der Waals surface area (Å²) in [6.07, 6.45) is 5.56. The zero-order valence-electron chi connectivity index (χ0n) is 31.4. The van der Waals surface area contributed by atoms with Gasteiger partial charge in [-0.25, -0.2) is 0 Å². The molecule has 54 heavy (non-hydrogen) atoms. The van der Waals surface area contributed by atoms with Crippen molar-refractivity contribution >= 4 is 24.9 Å². The quantitative estimate of drug-likeness (QED) is 0.126. The Morgan fingerprint density at radius 3 is 2.46 bits per heavy atom. The van der Waals surface area contributed by atoms with Crippen LogP contribution in [0, 0.1) is 5.92 Å². The number of carbonyl (C=O) groups excluding carboxylic acids is 1. The molecule has 0 radical (unpaired) electrons. The Morgan fingerprint density at radius 1 is 1.02 bits per heavy atom. The maximum absolute atomic E-state index is 15.0. The highest BCUT2D eigenvalue weighted by Crippen LogP contribution is 2.60. The van der Waals surface area contributed by atoms with Crippen LogP contribution in [0.5, 0.6) is 11.5 Å². The van der Waals surface area contributed by atoms with E-state index in [1.54, 1.807) is 41.1 Å². The van der Waals surface area contributed by atoms with E-state index in [0.717, 1.165) is 22.6 Å². The van der Waals surface area contributed by atoms with Gasteiger partial charge in [0.15, 0.2) is 11.4 Å². The van der Waals surface area contributed by atoms with Gasteiger partial charge in [-0.1, -0.05) is 79.0 Å². The second-order valence-corrected chi connectivity index (χ2v) is 19.3. The second-order valence-electron chi connectivity index (χ2n) is 14.7. The molecule has 1 spiro atoms. The van der Waals surface area contributed by atoms with Gasteiger partial charge < -0.3 is 24.2 Å². The van der Waals surface area contributed by atoms with Gasteiger partial charge in [-0.05, 0) is 60.0 Å². The zero-order valence-corrected chi connectivity index (χ0v) is 32.4. The van der Waals surface area contributed by atoms with Gasteiger partial charge >= 0.3 is 0 Å². The first-order chi connectivity index (χ1) is 26.1. The first-order valence-corrected chi connectivity index (χ1v) is 21.4.